The molecule has 0 spiro atoms. The van der Waals surface area contributed by atoms with Crippen LogP contribution in [0.2, 0.25) is 0 Å². The van der Waals surface area contributed by atoms with Crippen molar-refractivity contribution >= 4 is 12.6 Å². The maximum Gasteiger partial charge on any atom is 0.164 e. The van der Waals surface area contributed by atoms with Crippen LogP contribution in [-0.4, -0.2) is 31.9 Å². The molecule has 1 aromatic rings. The lowest BCUT2D eigenvalue weighted by Crippen LogP contribution is -2.09. The van der Waals surface area contributed by atoms with Crippen molar-refractivity contribution in [3.63, 3.8) is 0 Å². The minimum Gasteiger partial charge on any atom is -0.394 e. The Labute approximate surface area is 69.8 Å². The third-order valence-corrected chi connectivity index (χ3v) is 1.40. The first-order chi connectivity index (χ1) is 5.25. The molecule has 61 valence electrons. The molecule has 0 saturated heterocycles. The largest absolute Gasteiger partial charge is 0.394 e. The molecule has 0 aliphatic heterocycles. The lowest BCUT2D eigenvalue weighted by atomic mass is 10.4. The van der Waals surface area contributed by atoms with E-state index in [1.165, 1.54) is 4.68 Å². The van der Waals surface area contributed by atoms with E-state index in [0.717, 1.165) is 0 Å². The summed E-state index contributed by atoms with van der Waals surface area (Å²) in [5.74, 6) is 0.572. The third-order valence-electron chi connectivity index (χ3n) is 1.17. The van der Waals surface area contributed by atoms with E-state index >= 15 is 0 Å². The average molecular weight is 173 g/mol. The molecular weight excluding hydrogens is 164 g/mol. The number of aliphatic hydroxyl groups excluding tert-OH is 1. The van der Waals surface area contributed by atoms with Crippen molar-refractivity contribution in [2.45, 2.75) is 11.8 Å². The molecule has 0 aliphatic carbocycles. The van der Waals surface area contributed by atoms with Crippen molar-refractivity contribution in [1.29, 1.82) is 0 Å². The number of hydrogen-bond acceptors (Lipinski definition) is 5. The molecule has 6 heteroatoms. The van der Waals surface area contributed by atoms with E-state index in [1.54, 1.807) is 0 Å². The van der Waals surface area contributed by atoms with E-state index in [9.17, 15) is 0 Å². The number of tetrazole rings is 1. The van der Waals surface area contributed by atoms with Gasteiger partial charge in [-0.1, -0.05) is 0 Å². The van der Waals surface area contributed by atoms with Gasteiger partial charge in [-0.3, -0.25) is 0 Å². The normalized spacial score (nSPS) is 13.4. The highest BCUT2D eigenvalue weighted by atomic mass is 32.1. The Morgan fingerprint density at radius 3 is 3.00 bits per heavy atom. The SMILES string of the molecule is [CH2]C(S)c1nnnn1CCO. The standard InChI is InChI=1S/C5H9N4OS/c1-4(11)5-6-7-8-9(5)2-3-10/h4,10-11H,1-3H2. The van der Waals surface area contributed by atoms with Crippen molar-refractivity contribution in [1.82, 2.24) is 20.2 Å². The number of aliphatic hydroxyl groups is 1. The Morgan fingerprint density at radius 1 is 1.73 bits per heavy atom. The summed E-state index contributed by atoms with van der Waals surface area (Å²) >= 11 is 4.06. The van der Waals surface area contributed by atoms with Crippen LogP contribution in [-0.2, 0) is 6.54 Å². The van der Waals surface area contributed by atoms with E-state index in [-0.39, 0.29) is 11.9 Å². The van der Waals surface area contributed by atoms with Gasteiger partial charge in [0.2, 0.25) is 0 Å². The van der Waals surface area contributed by atoms with Crippen LogP contribution in [0.1, 0.15) is 11.1 Å². The first-order valence-corrected chi connectivity index (χ1v) is 3.65. The first kappa shape index (κ1) is 8.48. The van der Waals surface area contributed by atoms with Gasteiger partial charge in [0, 0.05) is 0 Å². The van der Waals surface area contributed by atoms with E-state index in [1.807, 2.05) is 0 Å². The maximum atomic E-state index is 8.58. The second-order valence-electron chi connectivity index (χ2n) is 2.00. The van der Waals surface area contributed by atoms with Gasteiger partial charge in [0.05, 0.1) is 18.4 Å². The van der Waals surface area contributed by atoms with E-state index in [2.05, 4.69) is 35.1 Å². The lowest BCUT2D eigenvalue weighted by molar-refractivity contribution is 0.266. The van der Waals surface area contributed by atoms with Gasteiger partial charge in [-0.25, -0.2) is 4.68 Å². The van der Waals surface area contributed by atoms with Crippen LogP contribution in [0.25, 0.3) is 0 Å². The molecule has 1 unspecified atom stereocenters. The maximum absolute atomic E-state index is 8.58. The van der Waals surface area contributed by atoms with E-state index in [4.69, 9.17) is 5.11 Å². The van der Waals surface area contributed by atoms with Crippen molar-refractivity contribution in [3.05, 3.63) is 12.7 Å². The first-order valence-electron chi connectivity index (χ1n) is 3.13. The van der Waals surface area contributed by atoms with Crippen LogP contribution in [0.5, 0.6) is 0 Å². The van der Waals surface area contributed by atoms with Gasteiger partial charge in [0.1, 0.15) is 0 Å². The fourth-order valence-electron chi connectivity index (χ4n) is 0.704. The van der Waals surface area contributed by atoms with Crippen LogP contribution in [0, 0.1) is 6.92 Å². The Kier molecular flexibility index (Phi) is 2.84. The predicted octanol–water partition coefficient (Wildman–Crippen LogP) is -0.530. The number of thiol groups is 1. The molecule has 0 amide bonds. The molecule has 5 nitrogen and oxygen atoms in total. The molecule has 1 heterocycles. The number of aromatic nitrogens is 4. The predicted molar refractivity (Wildman–Crippen MR) is 42.0 cm³/mol. The molecule has 1 rings (SSSR count). The summed E-state index contributed by atoms with van der Waals surface area (Å²) in [6.07, 6.45) is 0. The highest BCUT2D eigenvalue weighted by Gasteiger charge is 2.09. The van der Waals surface area contributed by atoms with Crippen molar-refractivity contribution in [3.8, 4) is 0 Å². The molecule has 1 N–H and O–H groups in total. The van der Waals surface area contributed by atoms with Crippen LogP contribution >= 0.6 is 12.6 Å². The van der Waals surface area contributed by atoms with Gasteiger partial charge in [-0.05, 0) is 17.4 Å². The highest BCUT2D eigenvalue weighted by molar-refractivity contribution is 7.80. The molecule has 11 heavy (non-hydrogen) atoms. The zero-order valence-electron chi connectivity index (χ0n) is 5.88. The molecule has 0 aliphatic rings. The number of hydrogen-bond donors (Lipinski definition) is 2. The van der Waals surface area contributed by atoms with Crippen molar-refractivity contribution in [2.24, 2.45) is 0 Å². The van der Waals surface area contributed by atoms with Gasteiger partial charge in [0.25, 0.3) is 0 Å². The minimum absolute atomic E-state index is 0.0124. The Morgan fingerprint density at radius 2 is 2.45 bits per heavy atom. The summed E-state index contributed by atoms with van der Waals surface area (Å²) in [6, 6.07) is 0. The second-order valence-corrected chi connectivity index (χ2v) is 2.62. The van der Waals surface area contributed by atoms with Crippen LogP contribution in [0.4, 0.5) is 0 Å². The molecular formula is C5H9N4OS. The van der Waals surface area contributed by atoms with Gasteiger partial charge in [-0.2, -0.15) is 12.6 Å². The molecule has 1 aromatic heterocycles. The quantitative estimate of drug-likeness (QED) is 0.603. The van der Waals surface area contributed by atoms with Crippen molar-refractivity contribution in [2.75, 3.05) is 6.61 Å². The van der Waals surface area contributed by atoms with Crippen LogP contribution in [0.15, 0.2) is 0 Å². The zero-order valence-corrected chi connectivity index (χ0v) is 6.78. The highest BCUT2D eigenvalue weighted by Crippen LogP contribution is 2.13. The summed E-state index contributed by atoms with van der Waals surface area (Å²) in [5, 5.41) is 19.1. The minimum atomic E-state index is -0.253. The Bertz CT molecular complexity index is 224. The third kappa shape index (κ3) is 1.90. The summed E-state index contributed by atoms with van der Waals surface area (Å²) in [5.41, 5.74) is 0. The van der Waals surface area contributed by atoms with Gasteiger partial charge in [-0.15, -0.1) is 5.10 Å². The van der Waals surface area contributed by atoms with E-state index < -0.39 is 0 Å². The Balaban J connectivity index is 2.78. The monoisotopic (exact) mass is 173 g/mol. The molecule has 0 fully saturated rings. The van der Waals surface area contributed by atoms with Crippen LogP contribution < -0.4 is 0 Å². The number of nitrogens with zero attached hydrogens (tertiary/aromatic N) is 4. The molecule has 0 bridgehead atoms. The van der Waals surface area contributed by atoms with Gasteiger partial charge >= 0.3 is 0 Å². The van der Waals surface area contributed by atoms with Gasteiger partial charge < -0.3 is 5.11 Å². The average Bonchev–Trinajstić information content (AvgIpc) is 2.36. The molecule has 1 atom stereocenters. The smallest absolute Gasteiger partial charge is 0.164 e. The van der Waals surface area contributed by atoms with E-state index in [0.29, 0.717) is 12.4 Å². The number of rotatable bonds is 3. The molecule has 1 radical (unpaired) electrons. The fourth-order valence-corrected chi connectivity index (χ4v) is 0.889. The summed E-state index contributed by atoms with van der Waals surface area (Å²) in [6.45, 7) is 4.04. The summed E-state index contributed by atoms with van der Waals surface area (Å²) in [4.78, 5) is 0. The second kappa shape index (κ2) is 3.68. The fraction of sp³-hybridized carbons (Fsp3) is 0.600. The lowest BCUT2D eigenvalue weighted by Gasteiger charge is -2.02. The van der Waals surface area contributed by atoms with Crippen LogP contribution in [0.3, 0.4) is 0 Å². The molecule has 0 aromatic carbocycles. The molecule has 0 saturated carbocycles. The zero-order chi connectivity index (χ0) is 8.27. The van der Waals surface area contributed by atoms with Crippen molar-refractivity contribution < 1.29 is 5.11 Å². The summed E-state index contributed by atoms with van der Waals surface area (Å²) in [7, 11) is 0. The summed E-state index contributed by atoms with van der Waals surface area (Å²) < 4.78 is 1.48. The van der Waals surface area contributed by atoms with Gasteiger partial charge in [0.15, 0.2) is 5.82 Å². The Hall–Kier alpha value is -0.620. The topological polar surface area (TPSA) is 63.8 Å².